The molecule has 3 aliphatic rings. The average Bonchev–Trinajstić information content (AvgIpc) is 3.23. The highest BCUT2D eigenvalue weighted by Crippen LogP contribution is 2.50. The Morgan fingerprint density at radius 2 is 1.83 bits per heavy atom. The van der Waals surface area contributed by atoms with E-state index in [0.717, 1.165) is 11.8 Å². The molecule has 226 valence electrons. The van der Waals surface area contributed by atoms with Crippen LogP contribution in [0.1, 0.15) is 12.5 Å². The standard InChI is InChI=1S/C28H33FN4O8S/c1-18(34)30-13-21-14-33(28(36)41-21)20-8-9-25(24(29)12-20)31-15-22-23(16-31)26(22)32(10-11-40-42(2,37)38)27(35)39-17-19-6-4-3-5-7-19/h3-9,12,21-23,26H,10-11,13-17H2,1-2H3,(H,30,34)/t21-,22-,23+,26?/m0/s1. The van der Waals surface area contributed by atoms with Crippen molar-refractivity contribution in [2.45, 2.75) is 25.7 Å². The van der Waals surface area contributed by atoms with E-state index in [1.54, 1.807) is 12.1 Å². The van der Waals surface area contributed by atoms with Crippen LogP contribution in [0, 0.1) is 17.7 Å². The Morgan fingerprint density at radius 1 is 1.12 bits per heavy atom. The maximum absolute atomic E-state index is 15.3. The monoisotopic (exact) mass is 604 g/mol. The molecule has 2 aliphatic heterocycles. The molecule has 12 nitrogen and oxygen atoms in total. The number of halogens is 1. The Bertz CT molecular complexity index is 1430. The van der Waals surface area contributed by atoms with Gasteiger partial charge in [-0.3, -0.25) is 13.9 Å². The Balaban J connectivity index is 1.20. The van der Waals surface area contributed by atoms with Gasteiger partial charge in [-0.25, -0.2) is 14.0 Å². The van der Waals surface area contributed by atoms with Gasteiger partial charge in [0.25, 0.3) is 10.1 Å². The molecule has 2 aromatic rings. The van der Waals surface area contributed by atoms with E-state index in [9.17, 15) is 22.8 Å². The summed E-state index contributed by atoms with van der Waals surface area (Å²) < 4.78 is 53.8. The SMILES string of the molecule is CC(=O)NC[C@H]1CN(c2ccc(N3C[C@@H]4C(N(CCOS(C)(=O)=O)C(=O)OCc5ccccc5)[C@@H]4C3)c(F)c2)C(=O)O1. The molecule has 3 amide bonds. The summed E-state index contributed by atoms with van der Waals surface area (Å²) in [7, 11) is -3.67. The van der Waals surface area contributed by atoms with E-state index >= 15 is 4.39 Å². The van der Waals surface area contributed by atoms with Gasteiger partial charge in [0, 0.05) is 44.4 Å². The van der Waals surface area contributed by atoms with Crippen LogP contribution in [0.5, 0.6) is 0 Å². The zero-order valence-corrected chi connectivity index (χ0v) is 24.1. The van der Waals surface area contributed by atoms with Crippen LogP contribution >= 0.6 is 0 Å². The normalized spacial score (nSPS) is 22.9. The minimum absolute atomic E-state index is 0.0380. The largest absolute Gasteiger partial charge is 0.445 e. The van der Waals surface area contributed by atoms with Gasteiger partial charge in [0.1, 0.15) is 18.5 Å². The van der Waals surface area contributed by atoms with Crippen molar-refractivity contribution >= 4 is 39.6 Å². The van der Waals surface area contributed by atoms with E-state index in [-0.39, 0.29) is 56.6 Å². The van der Waals surface area contributed by atoms with E-state index in [2.05, 4.69) is 5.32 Å². The molecule has 14 heteroatoms. The molecule has 2 heterocycles. The summed E-state index contributed by atoms with van der Waals surface area (Å²) in [5.41, 5.74) is 1.56. The fraction of sp³-hybridized carbons (Fsp3) is 0.464. The van der Waals surface area contributed by atoms with E-state index in [1.165, 1.54) is 22.8 Å². The van der Waals surface area contributed by atoms with Crippen molar-refractivity contribution in [2.24, 2.45) is 11.8 Å². The average molecular weight is 605 g/mol. The molecule has 0 aromatic heterocycles. The molecule has 0 bridgehead atoms. The Kier molecular flexibility index (Phi) is 8.55. The van der Waals surface area contributed by atoms with Crippen molar-refractivity contribution in [3.63, 3.8) is 0 Å². The molecule has 0 radical (unpaired) electrons. The van der Waals surface area contributed by atoms with E-state index in [1.807, 2.05) is 35.2 Å². The van der Waals surface area contributed by atoms with Gasteiger partial charge >= 0.3 is 12.2 Å². The van der Waals surface area contributed by atoms with Crippen molar-refractivity contribution < 1.29 is 40.8 Å². The predicted octanol–water partition coefficient (Wildman–Crippen LogP) is 2.34. The van der Waals surface area contributed by atoms with Crippen LogP contribution in [-0.2, 0) is 35.2 Å². The summed E-state index contributed by atoms with van der Waals surface area (Å²) in [4.78, 5) is 41.2. The van der Waals surface area contributed by atoms with E-state index in [4.69, 9.17) is 13.7 Å². The molecule has 1 N–H and O–H groups in total. The van der Waals surface area contributed by atoms with Crippen LogP contribution < -0.4 is 15.1 Å². The number of fused-ring (bicyclic) bond motifs is 1. The van der Waals surface area contributed by atoms with Crippen LogP contribution in [-0.4, -0.2) is 89.1 Å². The third kappa shape index (κ3) is 6.93. The summed E-state index contributed by atoms with van der Waals surface area (Å²) in [5, 5.41) is 2.61. The minimum Gasteiger partial charge on any atom is -0.445 e. The second kappa shape index (κ2) is 12.1. The van der Waals surface area contributed by atoms with Gasteiger partial charge in [0.2, 0.25) is 5.91 Å². The lowest BCUT2D eigenvalue weighted by atomic mass is 10.2. The molecule has 3 fully saturated rings. The number of hydrogen-bond acceptors (Lipinski definition) is 9. The summed E-state index contributed by atoms with van der Waals surface area (Å²) in [6, 6.07) is 13.6. The lowest BCUT2D eigenvalue weighted by Crippen LogP contribution is -2.41. The first kappa shape index (κ1) is 29.6. The van der Waals surface area contributed by atoms with Gasteiger partial charge in [-0.2, -0.15) is 8.42 Å². The van der Waals surface area contributed by atoms with Crippen molar-refractivity contribution in [1.82, 2.24) is 10.2 Å². The number of carbonyl (C=O) groups excluding carboxylic acids is 3. The van der Waals surface area contributed by atoms with Crippen LogP contribution in [0.2, 0.25) is 0 Å². The smallest absolute Gasteiger partial charge is 0.414 e. The first-order chi connectivity index (χ1) is 20.0. The number of cyclic esters (lactones) is 1. The highest BCUT2D eigenvalue weighted by molar-refractivity contribution is 7.85. The van der Waals surface area contributed by atoms with Gasteiger partial charge in [-0.05, 0) is 23.8 Å². The zero-order chi connectivity index (χ0) is 30.0. The summed E-state index contributed by atoms with van der Waals surface area (Å²) >= 11 is 0. The molecule has 4 atom stereocenters. The lowest BCUT2D eigenvalue weighted by molar-refractivity contribution is -0.119. The molecule has 5 rings (SSSR count). The maximum Gasteiger partial charge on any atom is 0.414 e. The third-order valence-corrected chi connectivity index (χ3v) is 8.21. The highest BCUT2D eigenvalue weighted by atomic mass is 32.2. The molecule has 2 aromatic carbocycles. The molecule has 1 unspecified atom stereocenters. The second-order valence-corrected chi connectivity index (χ2v) is 12.3. The van der Waals surface area contributed by atoms with Crippen LogP contribution in [0.25, 0.3) is 0 Å². The number of rotatable bonds is 11. The van der Waals surface area contributed by atoms with Crippen molar-refractivity contribution in [2.75, 3.05) is 55.4 Å². The molecule has 42 heavy (non-hydrogen) atoms. The summed E-state index contributed by atoms with van der Waals surface area (Å²) in [6.45, 7) is 2.63. The van der Waals surface area contributed by atoms with Crippen LogP contribution in [0.3, 0.4) is 0 Å². The second-order valence-electron chi connectivity index (χ2n) is 10.7. The Morgan fingerprint density at radius 3 is 2.48 bits per heavy atom. The molecule has 0 spiro atoms. The number of benzene rings is 2. The molecular formula is C28H33FN4O8S. The first-order valence-electron chi connectivity index (χ1n) is 13.6. The summed E-state index contributed by atoms with van der Waals surface area (Å²) in [5.74, 6) is -0.631. The Labute approximate surface area is 243 Å². The van der Waals surface area contributed by atoms with Crippen molar-refractivity contribution in [1.29, 1.82) is 0 Å². The zero-order valence-electron chi connectivity index (χ0n) is 23.3. The summed E-state index contributed by atoms with van der Waals surface area (Å²) in [6.07, 6.45) is -0.753. The number of amides is 3. The number of nitrogens with zero attached hydrogens (tertiary/aromatic N) is 3. The number of hydrogen-bond donors (Lipinski definition) is 1. The molecular weight excluding hydrogens is 571 g/mol. The van der Waals surface area contributed by atoms with Gasteiger partial charge in [-0.15, -0.1) is 0 Å². The number of anilines is 2. The van der Waals surface area contributed by atoms with Gasteiger partial charge in [0.15, 0.2) is 0 Å². The van der Waals surface area contributed by atoms with Crippen LogP contribution in [0.15, 0.2) is 48.5 Å². The number of nitrogens with one attached hydrogen (secondary N) is 1. The van der Waals surface area contributed by atoms with E-state index in [0.29, 0.717) is 24.5 Å². The number of ether oxygens (including phenoxy) is 2. The van der Waals surface area contributed by atoms with Gasteiger partial charge < -0.3 is 24.6 Å². The number of piperidine rings is 1. The fourth-order valence-corrected chi connectivity index (χ4v) is 6.00. The molecule has 2 saturated heterocycles. The maximum atomic E-state index is 15.3. The first-order valence-corrected chi connectivity index (χ1v) is 15.4. The van der Waals surface area contributed by atoms with Crippen LogP contribution in [0.4, 0.5) is 25.4 Å². The quantitative estimate of drug-likeness (QED) is 0.384. The van der Waals surface area contributed by atoms with Gasteiger partial charge in [0.05, 0.1) is 37.3 Å². The van der Waals surface area contributed by atoms with Crippen molar-refractivity contribution in [3.8, 4) is 0 Å². The topological polar surface area (TPSA) is 135 Å². The predicted molar refractivity (Wildman–Crippen MR) is 150 cm³/mol. The fourth-order valence-electron chi connectivity index (χ4n) is 5.62. The minimum atomic E-state index is -3.67. The number of carbonyl (C=O) groups is 3. The van der Waals surface area contributed by atoms with Crippen molar-refractivity contribution in [3.05, 3.63) is 59.9 Å². The Hall–Kier alpha value is -3.91. The molecule has 1 saturated carbocycles. The van der Waals surface area contributed by atoms with Gasteiger partial charge in [-0.1, -0.05) is 30.3 Å². The highest BCUT2D eigenvalue weighted by Gasteiger charge is 2.60. The molecule has 1 aliphatic carbocycles. The lowest BCUT2D eigenvalue weighted by Gasteiger charge is -2.28. The third-order valence-electron chi connectivity index (χ3n) is 7.61. The van der Waals surface area contributed by atoms with E-state index < -0.39 is 34.2 Å².